The second kappa shape index (κ2) is 8.38. The molecule has 6 nitrogen and oxygen atoms in total. The Hall–Kier alpha value is -3.62. The highest BCUT2D eigenvalue weighted by atomic mass is 19.4. The van der Waals surface area contributed by atoms with Crippen LogP contribution in [0.25, 0.3) is 21.9 Å². The first-order valence-electron chi connectivity index (χ1n) is 10.8. The van der Waals surface area contributed by atoms with Gasteiger partial charge >= 0.3 is 6.18 Å². The van der Waals surface area contributed by atoms with Gasteiger partial charge in [0.25, 0.3) is 5.91 Å². The Balaban J connectivity index is 1.34. The standard InChI is InChI=1S/C24H22F3N5O/c25-24(26,27)21-13-20(18-6-1-2-7-19(18)32-21)30-14-4-3-5-15(12-14)31-23(33)17-9-11-29-22-16(17)8-10-28-22/h1-2,6-11,13-15H,3-5,12H2,(H,28,29)(H,30,32)(H,31,33)/t14-,15+/m0/s1. The Labute approximate surface area is 187 Å². The van der Waals surface area contributed by atoms with Crippen molar-refractivity contribution >= 4 is 33.5 Å². The number of nitrogens with zero attached hydrogens (tertiary/aromatic N) is 2. The first kappa shape index (κ1) is 21.2. The molecule has 0 aliphatic heterocycles. The number of aromatic nitrogens is 3. The zero-order chi connectivity index (χ0) is 23.0. The Kier molecular flexibility index (Phi) is 5.39. The number of benzene rings is 1. The van der Waals surface area contributed by atoms with Gasteiger partial charge in [-0.1, -0.05) is 18.2 Å². The number of hydrogen-bond donors (Lipinski definition) is 3. The summed E-state index contributed by atoms with van der Waals surface area (Å²) in [6, 6.07) is 11.2. The number of carbonyl (C=O) groups is 1. The van der Waals surface area contributed by atoms with Crippen molar-refractivity contribution in [2.75, 3.05) is 5.32 Å². The molecule has 1 amide bonds. The van der Waals surface area contributed by atoms with Gasteiger partial charge in [-0.25, -0.2) is 9.97 Å². The maximum atomic E-state index is 13.4. The van der Waals surface area contributed by atoms with Crippen LogP contribution < -0.4 is 10.6 Å². The van der Waals surface area contributed by atoms with E-state index < -0.39 is 11.9 Å². The molecule has 1 fully saturated rings. The monoisotopic (exact) mass is 453 g/mol. The summed E-state index contributed by atoms with van der Waals surface area (Å²) in [5, 5.41) is 7.79. The Morgan fingerprint density at radius 3 is 2.73 bits per heavy atom. The van der Waals surface area contributed by atoms with E-state index in [1.807, 2.05) is 6.07 Å². The van der Waals surface area contributed by atoms with Crippen molar-refractivity contribution in [1.82, 2.24) is 20.3 Å². The number of anilines is 1. The van der Waals surface area contributed by atoms with Crippen LogP contribution >= 0.6 is 0 Å². The van der Waals surface area contributed by atoms with Crippen molar-refractivity contribution in [2.24, 2.45) is 0 Å². The lowest BCUT2D eigenvalue weighted by molar-refractivity contribution is -0.140. The topological polar surface area (TPSA) is 82.7 Å². The van der Waals surface area contributed by atoms with Crippen molar-refractivity contribution in [3.05, 3.63) is 66.1 Å². The van der Waals surface area contributed by atoms with E-state index in [9.17, 15) is 18.0 Å². The molecule has 33 heavy (non-hydrogen) atoms. The predicted molar refractivity (Wildman–Crippen MR) is 120 cm³/mol. The number of halogens is 3. The molecule has 0 unspecified atom stereocenters. The molecule has 3 N–H and O–H groups in total. The molecule has 170 valence electrons. The highest BCUT2D eigenvalue weighted by molar-refractivity contribution is 6.05. The van der Waals surface area contributed by atoms with Gasteiger partial charge in [0, 0.05) is 40.9 Å². The van der Waals surface area contributed by atoms with Crippen molar-refractivity contribution in [3.63, 3.8) is 0 Å². The van der Waals surface area contributed by atoms with Crippen molar-refractivity contribution in [3.8, 4) is 0 Å². The molecule has 1 aliphatic carbocycles. The molecule has 0 radical (unpaired) electrons. The molecule has 3 aromatic heterocycles. The van der Waals surface area contributed by atoms with E-state index in [2.05, 4.69) is 25.6 Å². The third kappa shape index (κ3) is 4.35. The number of pyridine rings is 2. The SMILES string of the molecule is O=C(N[C@@H]1CCC[C@H](Nc2cc(C(F)(F)F)nc3ccccc23)C1)c1ccnc2[nH]ccc12. The summed E-state index contributed by atoms with van der Waals surface area (Å²) in [6.45, 7) is 0. The quantitative estimate of drug-likeness (QED) is 0.393. The van der Waals surface area contributed by atoms with Gasteiger partial charge in [0.15, 0.2) is 0 Å². The normalized spacial score (nSPS) is 19.0. The molecule has 1 saturated carbocycles. The van der Waals surface area contributed by atoms with E-state index in [1.54, 1.807) is 42.7 Å². The van der Waals surface area contributed by atoms with Crippen molar-refractivity contribution < 1.29 is 18.0 Å². The molecule has 0 spiro atoms. The molecule has 2 atom stereocenters. The van der Waals surface area contributed by atoms with Crippen molar-refractivity contribution in [2.45, 2.75) is 43.9 Å². The Bertz CT molecular complexity index is 1320. The summed E-state index contributed by atoms with van der Waals surface area (Å²) in [4.78, 5) is 23.9. The molecule has 1 aliphatic rings. The Morgan fingerprint density at radius 1 is 1.06 bits per heavy atom. The smallest absolute Gasteiger partial charge is 0.382 e. The van der Waals surface area contributed by atoms with Crippen LogP contribution in [0.5, 0.6) is 0 Å². The zero-order valence-electron chi connectivity index (χ0n) is 17.6. The molecule has 3 heterocycles. The van der Waals surface area contributed by atoms with Gasteiger partial charge in [-0.3, -0.25) is 4.79 Å². The minimum Gasteiger partial charge on any atom is -0.382 e. The number of rotatable bonds is 4. The van der Waals surface area contributed by atoms with E-state index in [0.29, 0.717) is 34.2 Å². The number of H-pyrrole nitrogens is 1. The summed E-state index contributed by atoms with van der Waals surface area (Å²) in [5.41, 5.74) is 0.983. The predicted octanol–water partition coefficient (Wildman–Crippen LogP) is 5.28. The average molecular weight is 453 g/mol. The lowest BCUT2D eigenvalue weighted by atomic mass is 9.90. The number of alkyl halides is 3. The van der Waals surface area contributed by atoms with E-state index in [-0.39, 0.29) is 18.0 Å². The highest BCUT2D eigenvalue weighted by Crippen LogP contribution is 2.34. The first-order valence-corrected chi connectivity index (χ1v) is 10.8. The fourth-order valence-electron chi connectivity index (χ4n) is 4.53. The number of carbonyl (C=O) groups excluding carboxylic acids is 1. The van der Waals surface area contributed by atoms with Crippen LogP contribution in [0.4, 0.5) is 18.9 Å². The maximum Gasteiger partial charge on any atom is 0.433 e. The maximum absolute atomic E-state index is 13.4. The van der Waals surface area contributed by atoms with Crippen LogP contribution in [0.3, 0.4) is 0 Å². The van der Waals surface area contributed by atoms with Gasteiger partial charge in [-0.05, 0) is 49.9 Å². The molecular weight excluding hydrogens is 431 g/mol. The van der Waals surface area contributed by atoms with Gasteiger partial charge in [0.1, 0.15) is 11.3 Å². The first-order chi connectivity index (χ1) is 15.9. The Morgan fingerprint density at radius 2 is 1.88 bits per heavy atom. The van der Waals surface area contributed by atoms with Crippen LogP contribution in [0, 0.1) is 0 Å². The molecule has 0 saturated heterocycles. The summed E-state index contributed by atoms with van der Waals surface area (Å²) in [7, 11) is 0. The number of nitrogens with one attached hydrogen (secondary N) is 3. The highest BCUT2D eigenvalue weighted by Gasteiger charge is 2.34. The molecule has 1 aromatic carbocycles. The van der Waals surface area contributed by atoms with E-state index >= 15 is 0 Å². The molecule has 0 bridgehead atoms. The fourth-order valence-corrected chi connectivity index (χ4v) is 4.53. The minimum absolute atomic E-state index is 0.0688. The average Bonchev–Trinajstić information content (AvgIpc) is 3.27. The van der Waals surface area contributed by atoms with Gasteiger partial charge < -0.3 is 15.6 Å². The number of amides is 1. The van der Waals surface area contributed by atoms with Gasteiger partial charge in [0.05, 0.1) is 11.1 Å². The van der Waals surface area contributed by atoms with E-state index in [0.717, 1.165) is 30.7 Å². The van der Waals surface area contributed by atoms with Crippen LogP contribution in [0.15, 0.2) is 54.9 Å². The number of hydrogen-bond acceptors (Lipinski definition) is 4. The summed E-state index contributed by atoms with van der Waals surface area (Å²) >= 11 is 0. The van der Waals surface area contributed by atoms with Crippen molar-refractivity contribution in [1.29, 1.82) is 0 Å². The van der Waals surface area contributed by atoms with E-state index in [1.165, 1.54) is 0 Å². The second-order valence-corrected chi connectivity index (χ2v) is 8.35. The van der Waals surface area contributed by atoms with Gasteiger partial charge in [-0.2, -0.15) is 13.2 Å². The molecule has 4 aromatic rings. The molecule has 5 rings (SSSR count). The third-order valence-electron chi connectivity index (χ3n) is 6.08. The van der Waals surface area contributed by atoms with Gasteiger partial charge in [0.2, 0.25) is 0 Å². The number of aromatic amines is 1. The fraction of sp³-hybridized carbons (Fsp3) is 0.292. The minimum atomic E-state index is -4.53. The second-order valence-electron chi connectivity index (χ2n) is 8.35. The third-order valence-corrected chi connectivity index (χ3v) is 6.08. The number of para-hydroxylation sites is 1. The van der Waals surface area contributed by atoms with Gasteiger partial charge in [-0.15, -0.1) is 0 Å². The van der Waals surface area contributed by atoms with E-state index in [4.69, 9.17) is 0 Å². The van der Waals surface area contributed by atoms with Crippen LogP contribution in [-0.4, -0.2) is 32.9 Å². The summed E-state index contributed by atoms with van der Waals surface area (Å²) in [5.74, 6) is -0.179. The number of fused-ring (bicyclic) bond motifs is 2. The molecule has 9 heteroatoms. The summed E-state index contributed by atoms with van der Waals surface area (Å²) in [6.07, 6.45) is 1.89. The zero-order valence-corrected chi connectivity index (χ0v) is 17.6. The van der Waals surface area contributed by atoms with Crippen LogP contribution in [0.1, 0.15) is 41.7 Å². The lowest BCUT2D eigenvalue weighted by Crippen LogP contribution is -2.41. The molecular formula is C24H22F3N5O. The summed E-state index contributed by atoms with van der Waals surface area (Å²) < 4.78 is 40.2. The lowest BCUT2D eigenvalue weighted by Gasteiger charge is -2.31. The largest absolute Gasteiger partial charge is 0.433 e. The van der Waals surface area contributed by atoms with Crippen LogP contribution in [0.2, 0.25) is 0 Å². The van der Waals surface area contributed by atoms with Crippen LogP contribution in [-0.2, 0) is 6.18 Å².